The monoisotopic (exact) mass is 492 g/mol. The second kappa shape index (κ2) is 9.44. The summed E-state index contributed by atoms with van der Waals surface area (Å²) in [5.74, 6) is 2.79. The fraction of sp³-hybridized carbons (Fsp3) is 0.481. The van der Waals surface area contributed by atoms with Gasteiger partial charge >= 0.3 is 7.12 Å². The van der Waals surface area contributed by atoms with E-state index in [0.29, 0.717) is 18.2 Å². The summed E-state index contributed by atoms with van der Waals surface area (Å²) in [5.41, 5.74) is 2.22. The molecule has 2 heterocycles. The van der Waals surface area contributed by atoms with Crippen LogP contribution in [0.3, 0.4) is 0 Å². The Kier molecular flexibility index (Phi) is 6.83. The van der Waals surface area contributed by atoms with Gasteiger partial charge in [-0.3, -0.25) is 0 Å². The Morgan fingerprint density at radius 1 is 0.917 bits per heavy atom. The minimum absolute atomic E-state index is 0.226. The van der Waals surface area contributed by atoms with Crippen molar-refractivity contribution < 1.29 is 18.8 Å². The Hall–Kier alpha value is -3.04. The zero-order valence-corrected chi connectivity index (χ0v) is 22.8. The van der Waals surface area contributed by atoms with Crippen LogP contribution >= 0.6 is 0 Å². The molecule has 0 saturated carbocycles. The highest BCUT2D eigenvalue weighted by molar-refractivity contribution is 6.64. The van der Waals surface area contributed by atoms with Crippen molar-refractivity contribution in [3.8, 4) is 11.5 Å². The molecule has 36 heavy (non-hydrogen) atoms. The average Bonchev–Trinajstić information content (AvgIpc) is 3.02. The van der Waals surface area contributed by atoms with Crippen molar-refractivity contribution >= 4 is 35.3 Å². The Balaban J connectivity index is 1.73. The molecule has 9 heteroatoms. The molecule has 1 fully saturated rings. The maximum Gasteiger partial charge on any atom is 0.497 e. The van der Waals surface area contributed by atoms with Gasteiger partial charge in [-0.15, -0.1) is 0 Å². The Morgan fingerprint density at radius 2 is 1.61 bits per heavy atom. The number of hydrogen-bond acceptors (Lipinski definition) is 8. The van der Waals surface area contributed by atoms with Crippen LogP contribution in [0.1, 0.15) is 54.0 Å². The molecule has 8 nitrogen and oxygen atoms in total. The molecular weight excluding hydrogens is 455 g/mol. The van der Waals surface area contributed by atoms with Crippen molar-refractivity contribution in [1.29, 1.82) is 0 Å². The predicted octanol–water partition coefficient (Wildman–Crippen LogP) is 4.77. The van der Waals surface area contributed by atoms with E-state index >= 15 is 0 Å². The van der Waals surface area contributed by atoms with Gasteiger partial charge in [-0.05, 0) is 66.7 Å². The molecule has 0 amide bonds. The number of hydrogen-bond donors (Lipinski definition) is 2. The number of ether oxygens (including phenoxy) is 2. The lowest BCUT2D eigenvalue weighted by atomic mass is 9.78. The van der Waals surface area contributed by atoms with Gasteiger partial charge in [0.15, 0.2) is 11.6 Å². The van der Waals surface area contributed by atoms with Crippen LogP contribution in [0.5, 0.6) is 11.5 Å². The van der Waals surface area contributed by atoms with E-state index in [9.17, 15) is 0 Å². The molecule has 2 aromatic carbocycles. The lowest BCUT2D eigenvalue weighted by Gasteiger charge is -2.32. The summed E-state index contributed by atoms with van der Waals surface area (Å²) in [7, 11) is 2.76. The van der Waals surface area contributed by atoms with Gasteiger partial charge in [0.2, 0.25) is 0 Å². The second-order valence-corrected chi connectivity index (χ2v) is 11.1. The van der Waals surface area contributed by atoms with Crippen molar-refractivity contribution in [1.82, 2.24) is 9.97 Å². The van der Waals surface area contributed by atoms with E-state index in [2.05, 4.69) is 31.4 Å². The third-order valence-corrected chi connectivity index (χ3v) is 6.67. The van der Waals surface area contributed by atoms with Crippen LogP contribution in [0.15, 0.2) is 36.4 Å². The fourth-order valence-corrected chi connectivity index (χ4v) is 4.00. The van der Waals surface area contributed by atoms with Crippen LogP contribution in [0, 0.1) is 0 Å². The summed E-state index contributed by atoms with van der Waals surface area (Å²) in [4.78, 5) is 9.99. The van der Waals surface area contributed by atoms with Crippen LogP contribution < -0.4 is 25.6 Å². The first-order chi connectivity index (χ1) is 16.8. The van der Waals surface area contributed by atoms with Crippen LogP contribution in [-0.2, 0) is 15.9 Å². The standard InChI is InChI=1S/C27H37BN4O4/c1-25(2,3)32-24-23(29-16-17-13-14-18(33-8)15-21(17)34-9)30-20-12-10-11-19(22(20)31-24)28-35-26(4,5)27(6,7)36-28/h10-15H,16H2,1-9H3,(H,29,30)(H,31,32). The number of methoxy groups -OCH3 is 2. The molecule has 1 aliphatic rings. The van der Waals surface area contributed by atoms with Crippen molar-refractivity contribution in [3.63, 3.8) is 0 Å². The van der Waals surface area contributed by atoms with Gasteiger partial charge in [0.1, 0.15) is 11.5 Å². The highest BCUT2D eigenvalue weighted by atomic mass is 16.7. The predicted molar refractivity (Wildman–Crippen MR) is 146 cm³/mol. The largest absolute Gasteiger partial charge is 0.497 e. The molecule has 4 rings (SSSR count). The lowest BCUT2D eigenvalue weighted by Crippen LogP contribution is -2.41. The van der Waals surface area contributed by atoms with E-state index in [1.165, 1.54) is 0 Å². The number of aromatic nitrogens is 2. The zero-order chi connectivity index (χ0) is 26.3. The van der Waals surface area contributed by atoms with Gasteiger partial charge in [-0.2, -0.15) is 0 Å². The van der Waals surface area contributed by atoms with Crippen LogP contribution in [0.4, 0.5) is 11.6 Å². The molecule has 1 saturated heterocycles. The number of benzene rings is 2. The molecular formula is C27H37BN4O4. The van der Waals surface area contributed by atoms with Crippen molar-refractivity contribution in [3.05, 3.63) is 42.0 Å². The maximum atomic E-state index is 6.33. The van der Waals surface area contributed by atoms with Gasteiger partial charge in [-0.25, -0.2) is 9.97 Å². The summed E-state index contributed by atoms with van der Waals surface area (Å²) in [6, 6.07) is 11.7. The summed E-state index contributed by atoms with van der Waals surface area (Å²) < 4.78 is 23.5. The Bertz CT molecular complexity index is 1240. The second-order valence-electron chi connectivity index (χ2n) is 11.1. The van der Waals surface area contributed by atoms with Crippen LogP contribution in [0.25, 0.3) is 11.0 Å². The van der Waals surface area contributed by atoms with Crippen molar-refractivity contribution in [2.75, 3.05) is 24.9 Å². The minimum Gasteiger partial charge on any atom is -0.497 e. The molecule has 2 N–H and O–H groups in total. The zero-order valence-electron chi connectivity index (χ0n) is 22.8. The molecule has 1 aromatic heterocycles. The van der Waals surface area contributed by atoms with Gasteiger partial charge < -0.3 is 29.4 Å². The molecule has 0 bridgehead atoms. The number of nitrogens with zero attached hydrogens (tertiary/aromatic N) is 2. The molecule has 0 atom stereocenters. The van der Waals surface area contributed by atoms with E-state index in [-0.39, 0.29) is 5.54 Å². The number of nitrogens with one attached hydrogen (secondary N) is 2. The first-order valence-corrected chi connectivity index (χ1v) is 12.2. The highest BCUT2D eigenvalue weighted by Gasteiger charge is 2.52. The van der Waals surface area contributed by atoms with Crippen molar-refractivity contribution in [2.24, 2.45) is 0 Å². The quantitative estimate of drug-likeness (QED) is 0.457. The fourth-order valence-electron chi connectivity index (χ4n) is 4.00. The normalized spacial score (nSPS) is 16.8. The third kappa shape index (κ3) is 5.22. The smallest absolute Gasteiger partial charge is 0.497 e. The molecule has 3 aromatic rings. The molecule has 0 unspecified atom stereocenters. The highest BCUT2D eigenvalue weighted by Crippen LogP contribution is 2.37. The van der Waals surface area contributed by atoms with Gasteiger partial charge in [0.05, 0.1) is 36.5 Å². The lowest BCUT2D eigenvalue weighted by molar-refractivity contribution is 0.00578. The number of fused-ring (bicyclic) bond motifs is 1. The van der Waals surface area contributed by atoms with E-state index < -0.39 is 18.3 Å². The summed E-state index contributed by atoms with van der Waals surface area (Å²) in [6.07, 6.45) is 0. The van der Waals surface area contributed by atoms with E-state index in [1.807, 2.05) is 64.1 Å². The van der Waals surface area contributed by atoms with E-state index in [4.69, 9.17) is 28.8 Å². The summed E-state index contributed by atoms with van der Waals surface area (Å²) in [5, 5.41) is 6.96. The van der Waals surface area contributed by atoms with E-state index in [1.54, 1.807) is 14.2 Å². The maximum absolute atomic E-state index is 6.33. The van der Waals surface area contributed by atoms with E-state index in [0.717, 1.165) is 33.6 Å². The van der Waals surface area contributed by atoms with Crippen LogP contribution in [0.2, 0.25) is 0 Å². The molecule has 0 spiro atoms. The van der Waals surface area contributed by atoms with Gasteiger partial charge in [0, 0.05) is 29.2 Å². The Morgan fingerprint density at radius 3 is 2.22 bits per heavy atom. The number of anilines is 2. The topological polar surface area (TPSA) is 86.8 Å². The van der Waals surface area contributed by atoms with Gasteiger partial charge in [0.25, 0.3) is 0 Å². The molecule has 0 radical (unpaired) electrons. The Labute approximate surface area is 214 Å². The average molecular weight is 492 g/mol. The SMILES string of the molecule is COc1ccc(CNc2nc3cccc(B4OC(C)(C)C(C)(C)O4)c3nc2NC(C)(C)C)c(OC)c1. The molecule has 0 aliphatic carbocycles. The molecule has 1 aliphatic heterocycles. The molecule has 192 valence electrons. The van der Waals surface area contributed by atoms with Crippen LogP contribution in [-0.4, -0.2) is 48.0 Å². The first-order valence-electron chi connectivity index (χ1n) is 12.2. The summed E-state index contributed by atoms with van der Waals surface area (Å²) >= 11 is 0. The minimum atomic E-state index is -0.530. The first kappa shape index (κ1) is 26.0. The summed E-state index contributed by atoms with van der Waals surface area (Å²) in [6.45, 7) is 15.0. The number of para-hydroxylation sites is 1. The van der Waals surface area contributed by atoms with Gasteiger partial charge in [-0.1, -0.05) is 12.1 Å². The number of rotatable bonds is 7. The van der Waals surface area contributed by atoms with Crippen molar-refractivity contribution in [2.45, 2.75) is 71.8 Å². The third-order valence-electron chi connectivity index (χ3n) is 6.67.